The van der Waals surface area contributed by atoms with Gasteiger partial charge in [0.2, 0.25) is 0 Å². The van der Waals surface area contributed by atoms with Crippen molar-refractivity contribution in [3.8, 4) is 5.69 Å². The van der Waals surface area contributed by atoms with Gasteiger partial charge in [-0.05, 0) is 72.2 Å². The first kappa shape index (κ1) is 19.5. The van der Waals surface area contributed by atoms with Gasteiger partial charge in [-0.3, -0.25) is 4.98 Å². The van der Waals surface area contributed by atoms with E-state index < -0.39 is 0 Å². The van der Waals surface area contributed by atoms with E-state index in [-0.39, 0.29) is 12.1 Å². The van der Waals surface area contributed by atoms with Crippen LogP contribution in [0.2, 0.25) is 0 Å². The summed E-state index contributed by atoms with van der Waals surface area (Å²) in [6.45, 7) is 0. The highest BCUT2D eigenvalue weighted by molar-refractivity contribution is 7.80. The van der Waals surface area contributed by atoms with Crippen molar-refractivity contribution in [3.05, 3.63) is 96.6 Å². The van der Waals surface area contributed by atoms with Crippen molar-refractivity contribution < 1.29 is 0 Å². The summed E-state index contributed by atoms with van der Waals surface area (Å²) in [6.07, 6.45) is 8.99. The number of fused-ring (bicyclic) bond motifs is 1. The predicted molar refractivity (Wildman–Crippen MR) is 133 cm³/mol. The average Bonchev–Trinajstić information content (AvgIpc) is 3.59. The van der Waals surface area contributed by atoms with Crippen LogP contribution in [0.15, 0.2) is 85.2 Å². The highest BCUT2D eigenvalue weighted by Gasteiger charge is 2.44. The molecule has 1 aliphatic carbocycles. The summed E-state index contributed by atoms with van der Waals surface area (Å²) in [5, 5.41) is 6.98. The number of benzene rings is 2. The number of aromatic nitrogens is 2. The molecule has 4 nitrogen and oxygen atoms in total. The van der Waals surface area contributed by atoms with E-state index in [0.717, 1.165) is 10.8 Å². The van der Waals surface area contributed by atoms with Crippen molar-refractivity contribution >= 4 is 28.1 Å². The van der Waals surface area contributed by atoms with Crippen LogP contribution in [0.1, 0.15) is 49.2 Å². The zero-order chi connectivity index (χ0) is 21.5. The molecule has 1 saturated heterocycles. The van der Waals surface area contributed by atoms with Gasteiger partial charge in [-0.1, -0.05) is 49.2 Å². The lowest BCUT2D eigenvalue weighted by atomic mass is 9.99. The van der Waals surface area contributed by atoms with Gasteiger partial charge in [-0.15, -0.1) is 0 Å². The monoisotopic (exact) mass is 438 g/mol. The predicted octanol–water partition coefficient (Wildman–Crippen LogP) is 5.94. The van der Waals surface area contributed by atoms with Gasteiger partial charge in [0.15, 0.2) is 5.11 Å². The zero-order valence-corrected chi connectivity index (χ0v) is 18.7. The Morgan fingerprint density at radius 3 is 2.50 bits per heavy atom. The van der Waals surface area contributed by atoms with Gasteiger partial charge in [0, 0.05) is 29.8 Å². The third-order valence-electron chi connectivity index (χ3n) is 6.95. The van der Waals surface area contributed by atoms with E-state index in [9.17, 15) is 0 Å². The van der Waals surface area contributed by atoms with Crippen molar-refractivity contribution in [1.29, 1.82) is 0 Å². The first-order chi connectivity index (χ1) is 15.8. The second-order valence-corrected chi connectivity index (χ2v) is 9.19. The molecular weight excluding hydrogens is 412 g/mol. The molecule has 4 aromatic rings. The van der Waals surface area contributed by atoms with Crippen molar-refractivity contribution in [1.82, 2.24) is 19.8 Å². The normalized spacial score (nSPS) is 21.4. The largest absolute Gasteiger partial charge is 0.352 e. The lowest BCUT2D eigenvalue weighted by Gasteiger charge is -2.33. The minimum absolute atomic E-state index is 0.0263. The number of nitrogens with one attached hydrogen (secondary N) is 1. The summed E-state index contributed by atoms with van der Waals surface area (Å²) in [4.78, 5) is 7.17. The number of nitrogens with zero attached hydrogens (tertiary/aromatic N) is 3. The Bertz CT molecular complexity index is 1260. The molecule has 0 bridgehead atoms. The molecule has 0 radical (unpaired) electrons. The highest BCUT2D eigenvalue weighted by Crippen LogP contribution is 2.43. The van der Waals surface area contributed by atoms with Crippen LogP contribution in [0.3, 0.4) is 0 Å². The molecule has 1 N–H and O–H groups in total. The summed E-state index contributed by atoms with van der Waals surface area (Å²) >= 11 is 5.91. The van der Waals surface area contributed by atoms with E-state index in [0.29, 0.717) is 6.04 Å². The summed E-state index contributed by atoms with van der Waals surface area (Å²) in [5.41, 5.74) is 3.45. The third kappa shape index (κ3) is 3.28. The minimum atomic E-state index is 0.0263. The molecule has 5 heteroatoms. The molecule has 1 saturated carbocycles. The summed E-state index contributed by atoms with van der Waals surface area (Å²) in [5.74, 6) is 0. The molecule has 2 aliphatic rings. The van der Waals surface area contributed by atoms with E-state index in [1.807, 2.05) is 12.3 Å². The van der Waals surface area contributed by atoms with E-state index in [1.54, 1.807) is 0 Å². The summed E-state index contributed by atoms with van der Waals surface area (Å²) in [6, 6.07) is 26.3. The molecule has 1 aliphatic heterocycles. The fourth-order valence-electron chi connectivity index (χ4n) is 5.45. The molecule has 2 aromatic heterocycles. The maximum atomic E-state index is 5.91. The van der Waals surface area contributed by atoms with Gasteiger partial charge in [0.25, 0.3) is 0 Å². The van der Waals surface area contributed by atoms with E-state index in [1.165, 1.54) is 47.8 Å². The van der Waals surface area contributed by atoms with E-state index in [4.69, 9.17) is 17.2 Å². The standard InChI is InChI=1S/C27H26N4S/c32-27-29-25(23-12-5-6-16-28-23)26(31(27)21-10-3-4-11-21)24-13-7-17-30(24)22-15-14-19-8-1-2-9-20(19)18-22/h1-2,5-9,12-18,21,25-26H,3-4,10-11H2,(H,29,32)/t25-,26-/m0/s1. The van der Waals surface area contributed by atoms with Crippen LogP contribution in [0.25, 0.3) is 16.5 Å². The second kappa shape index (κ2) is 8.06. The molecule has 160 valence electrons. The number of hydrogen-bond acceptors (Lipinski definition) is 2. The Morgan fingerprint density at radius 1 is 0.875 bits per heavy atom. The van der Waals surface area contributed by atoms with Crippen molar-refractivity contribution in [2.24, 2.45) is 0 Å². The molecular formula is C27H26N4S. The van der Waals surface area contributed by atoms with Crippen LogP contribution < -0.4 is 5.32 Å². The summed E-state index contributed by atoms with van der Waals surface area (Å²) in [7, 11) is 0. The fraction of sp³-hybridized carbons (Fsp3) is 0.259. The van der Waals surface area contributed by atoms with Gasteiger partial charge < -0.3 is 14.8 Å². The maximum absolute atomic E-state index is 5.91. The van der Waals surface area contributed by atoms with Crippen LogP contribution in [0, 0.1) is 0 Å². The molecule has 6 rings (SSSR count). The van der Waals surface area contributed by atoms with Gasteiger partial charge in [-0.25, -0.2) is 0 Å². The fourth-order valence-corrected chi connectivity index (χ4v) is 5.84. The first-order valence-electron chi connectivity index (χ1n) is 11.5. The Labute approximate surface area is 193 Å². The van der Waals surface area contributed by atoms with Crippen LogP contribution in [0.5, 0.6) is 0 Å². The van der Waals surface area contributed by atoms with E-state index in [2.05, 4.69) is 87.7 Å². The van der Waals surface area contributed by atoms with Gasteiger partial charge in [-0.2, -0.15) is 0 Å². The molecule has 0 spiro atoms. The highest BCUT2D eigenvalue weighted by atomic mass is 32.1. The molecule has 32 heavy (non-hydrogen) atoms. The van der Waals surface area contributed by atoms with Crippen LogP contribution in [-0.2, 0) is 0 Å². The number of hydrogen-bond donors (Lipinski definition) is 1. The second-order valence-electron chi connectivity index (χ2n) is 8.81. The van der Waals surface area contributed by atoms with Gasteiger partial charge in [0.05, 0.1) is 17.8 Å². The number of thiocarbonyl (C=S) groups is 1. The maximum Gasteiger partial charge on any atom is 0.170 e. The molecule has 2 aromatic carbocycles. The molecule has 3 heterocycles. The molecule has 2 atom stereocenters. The Kier molecular flexibility index (Phi) is 4.91. The lowest BCUT2D eigenvalue weighted by molar-refractivity contribution is 0.239. The smallest absolute Gasteiger partial charge is 0.170 e. The van der Waals surface area contributed by atoms with Crippen LogP contribution in [0.4, 0.5) is 0 Å². The van der Waals surface area contributed by atoms with Gasteiger partial charge >= 0.3 is 0 Å². The molecule has 0 amide bonds. The average molecular weight is 439 g/mol. The molecule has 0 unspecified atom stereocenters. The summed E-state index contributed by atoms with van der Waals surface area (Å²) < 4.78 is 2.32. The number of pyridine rings is 1. The van der Waals surface area contributed by atoms with Gasteiger partial charge in [0.1, 0.15) is 0 Å². The number of rotatable bonds is 4. The first-order valence-corrected chi connectivity index (χ1v) is 11.9. The van der Waals surface area contributed by atoms with Crippen molar-refractivity contribution in [2.75, 3.05) is 0 Å². The third-order valence-corrected chi connectivity index (χ3v) is 7.28. The minimum Gasteiger partial charge on any atom is -0.352 e. The SMILES string of the molecule is S=C1N[C@@H](c2ccccn2)[C@H](c2cccn2-c2ccc3ccccc3c2)N1C1CCCC1. The molecule has 2 fully saturated rings. The Morgan fingerprint density at radius 2 is 1.69 bits per heavy atom. The van der Waals surface area contributed by atoms with Crippen LogP contribution in [-0.4, -0.2) is 25.6 Å². The topological polar surface area (TPSA) is 33.1 Å². The van der Waals surface area contributed by atoms with E-state index >= 15 is 0 Å². The zero-order valence-electron chi connectivity index (χ0n) is 17.9. The van der Waals surface area contributed by atoms with Crippen molar-refractivity contribution in [3.63, 3.8) is 0 Å². The Hall–Kier alpha value is -3.18. The van der Waals surface area contributed by atoms with Crippen molar-refractivity contribution in [2.45, 2.75) is 43.8 Å². The van der Waals surface area contributed by atoms with Crippen LogP contribution >= 0.6 is 12.2 Å². The lowest BCUT2D eigenvalue weighted by Crippen LogP contribution is -2.38. The Balaban J connectivity index is 1.48. The quantitative estimate of drug-likeness (QED) is 0.400.